The van der Waals surface area contributed by atoms with Gasteiger partial charge >= 0.3 is 5.97 Å². The van der Waals surface area contributed by atoms with E-state index >= 15 is 0 Å². The molecule has 1 aromatic heterocycles. The molecule has 0 unspecified atom stereocenters. The van der Waals surface area contributed by atoms with E-state index in [2.05, 4.69) is 25.8 Å². The van der Waals surface area contributed by atoms with Gasteiger partial charge in [-0.2, -0.15) is 0 Å². The second-order valence-electron chi connectivity index (χ2n) is 5.70. The highest BCUT2D eigenvalue weighted by Gasteiger charge is 2.28. The molecule has 5 heteroatoms. The second-order valence-corrected chi connectivity index (χ2v) is 6.70. The van der Waals surface area contributed by atoms with Crippen molar-refractivity contribution in [2.45, 2.75) is 65.2 Å². The van der Waals surface area contributed by atoms with Gasteiger partial charge in [-0.25, -0.2) is 9.78 Å². The molecule has 0 bridgehead atoms. The van der Waals surface area contributed by atoms with Crippen molar-refractivity contribution in [3.8, 4) is 0 Å². The minimum Gasteiger partial charge on any atom is -0.477 e. The van der Waals surface area contributed by atoms with Crippen LogP contribution < -0.4 is 0 Å². The van der Waals surface area contributed by atoms with Gasteiger partial charge in [-0.05, 0) is 12.8 Å². The number of thiazole rings is 1. The molecule has 0 aliphatic carbocycles. The number of aromatic nitrogens is 1. The van der Waals surface area contributed by atoms with E-state index in [1.165, 1.54) is 11.3 Å². The summed E-state index contributed by atoms with van der Waals surface area (Å²) in [6.07, 6.45) is 3.35. The molecule has 1 N–H and O–H groups in total. The molecular formula is C15H23NO3S. The average molecular weight is 297 g/mol. The van der Waals surface area contributed by atoms with Crippen LogP contribution in [0.5, 0.6) is 0 Å². The molecule has 20 heavy (non-hydrogen) atoms. The molecule has 1 rings (SSSR count). The van der Waals surface area contributed by atoms with Gasteiger partial charge in [0.05, 0.1) is 17.1 Å². The van der Waals surface area contributed by atoms with Gasteiger partial charge < -0.3 is 5.11 Å². The van der Waals surface area contributed by atoms with Crippen LogP contribution in [-0.2, 0) is 16.6 Å². The number of ketones is 1. The van der Waals surface area contributed by atoms with Gasteiger partial charge in [-0.3, -0.25) is 4.79 Å². The molecule has 0 amide bonds. The van der Waals surface area contributed by atoms with Crippen LogP contribution in [0.3, 0.4) is 0 Å². The van der Waals surface area contributed by atoms with Gasteiger partial charge in [0.25, 0.3) is 0 Å². The average Bonchev–Trinajstić information content (AvgIpc) is 2.74. The first-order valence-corrected chi connectivity index (χ1v) is 7.88. The van der Waals surface area contributed by atoms with Gasteiger partial charge in [-0.1, -0.05) is 34.1 Å². The monoisotopic (exact) mass is 297 g/mol. The molecule has 0 aliphatic rings. The lowest BCUT2D eigenvalue weighted by atomic mass is 9.89. The summed E-state index contributed by atoms with van der Waals surface area (Å²) < 4.78 is 0. The summed E-state index contributed by atoms with van der Waals surface area (Å²) >= 11 is 1.21. The zero-order valence-electron chi connectivity index (χ0n) is 12.7. The van der Waals surface area contributed by atoms with Crippen molar-refractivity contribution in [3.63, 3.8) is 0 Å². The van der Waals surface area contributed by atoms with Crippen LogP contribution in [-0.4, -0.2) is 21.8 Å². The zero-order chi connectivity index (χ0) is 15.3. The fourth-order valence-electron chi connectivity index (χ4n) is 2.21. The maximum absolute atomic E-state index is 11.7. The standard InChI is InChI=1S/C15H23NO3S/c1-5-7-10(17)9-11-12(13(18)19)20-14(16-11)15(3,4)8-6-2/h5-9H2,1-4H3,(H,18,19). The van der Waals surface area contributed by atoms with Gasteiger partial charge in [0.15, 0.2) is 0 Å². The van der Waals surface area contributed by atoms with E-state index in [9.17, 15) is 14.7 Å². The Hall–Kier alpha value is -1.23. The predicted octanol–water partition coefficient (Wildman–Crippen LogP) is 3.83. The first-order valence-electron chi connectivity index (χ1n) is 7.07. The molecule has 0 atom stereocenters. The number of carboxylic acids is 1. The van der Waals surface area contributed by atoms with Crippen molar-refractivity contribution in [3.05, 3.63) is 15.6 Å². The molecular weight excluding hydrogens is 274 g/mol. The maximum Gasteiger partial charge on any atom is 0.347 e. The Morgan fingerprint density at radius 3 is 2.40 bits per heavy atom. The number of rotatable bonds is 8. The predicted molar refractivity (Wildman–Crippen MR) is 80.6 cm³/mol. The van der Waals surface area contributed by atoms with Crippen LogP contribution in [0, 0.1) is 0 Å². The Balaban J connectivity index is 3.08. The molecule has 0 saturated carbocycles. The van der Waals surface area contributed by atoms with Crippen LogP contribution in [0.25, 0.3) is 0 Å². The lowest BCUT2D eigenvalue weighted by Gasteiger charge is -2.20. The van der Waals surface area contributed by atoms with E-state index in [-0.39, 0.29) is 22.5 Å². The third-order valence-corrected chi connectivity index (χ3v) is 4.69. The minimum absolute atomic E-state index is 0.0557. The van der Waals surface area contributed by atoms with E-state index in [0.29, 0.717) is 12.1 Å². The van der Waals surface area contributed by atoms with Crippen molar-refractivity contribution in [2.24, 2.45) is 0 Å². The molecule has 4 nitrogen and oxygen atoms in total. The summed E-state index contributed by atoms with van der Waals surface area (Å²) in [6.45, 7) is 8.17. The van der Waals surface area contributed by atoms with Gasteiger partial charge in [0.2, 0.25) is 0 Å². The Morgan fingerprint density at radius 1 is 1.25 bits per heavy atom. The molecule has 0 saturated heterocycles. The van der Waals surface area contributed by atoms with Gasteiger partial charge in [0.1, 0.15) is 10.7 Å². The van der Waals surface area contributed by atoms with Crippen molar-refractivity contribution in [2.75, 3.05) is 0 Å². The Bertz CT molecular complexity index is 491. The number of carbonyl (C=O) groups excluding carboxylic acids is 1. The van der Waals surface area contributed by atoms with Crippen molar-refractivity contribution in [1.82, 2.24) is 4.98 Å². The number of hydrogen-bond donors (Lipinski definition) is 1. The smallest absolute Gasteiger partial charge is 0.347 e. The number of carbonyl (C=O) groups is 2. The summed E-state index contributed by atoms with van der Waals surface area (Å²) in [5.41, 5.74) is 0.287. The molecule has 112 valence electrons. The molecule has 0 spiro atoms. The molecule has 0 radical (unpaired) electrons. The van der Waals surface area contributed by atoms with Gasteiger partial charge in [0, 0.05) is 11.8 Å². The Morgan fingerprint density at radius 2 is 1.90 bits per heavy atom. The summed E-state index contributed by atoms with van der Waals surface area (Å²) in [4.78, 5) is 27.7. The third-order valence-electron chi connectivity index (χ3n) is 3.24. The first kappa shape index (κ1) is 16.8. The number of carboxylic acid groups (broad SMARTS) is 1. The van der Waals surface area contributed by atoms with E-state index < -0.39 is 5.97 Å². The molecule has 1 heterocycles. The zero-order valence-corrected chi connectivity index (χ0v) is 13.5. The summed E-state index contributed by atoms with van der Waals surface area (Å²) in [6, 6.07) is 0. The lowest BCUT2D eigenvalue weighted by Crippen LogP contribution is -2.16. The lowest BCUT2D eigenvalue weighted by molar-refractivity contribution is -0.118. The largest absolute Gasteiger partial charge is 0.477 e. The quantitative estimate of drug-likeness (QED) is 0.792. The molecule has 1 aromatic rings. The number of nitrogens with zero attached hydrogens (tertiary/aromatic N) is 1. The van der Waals surface area contributed by atoms with Crippen LogP contribution in [0.1, 0.15) is 73.8 Å². The van der Waals surface area contributed by atoms with Crippen molar-refractivity contribution in [1.29, 1.82) is 0 Å². The van der Waals surface area contributed by atoms with Crippen LogP contribution in [0.4, 0.5) is 0 Å². The summed E-state index contributed by atoms with van der Waals surface area (Å²) in [5.74, 6) is -0.930. The fraction of sp³-hybridized carbons (Fsp3) is 0.667. The van der Waals surface area contributed by atoms with Crippen molar-refractivity contribution < 1.29 is 14.7 Å². The van der Waals surface area contributed by atoms with E-state index in [1.807, 2.05) is 6.92 Å². The highest BCUT2D eigenvalue weighted by Crippen LogP contribution is 2.33. The van der Waals surface area contributed by atoms with Gasteiger partial charge in [-0.15, -0.1) is 11.3 Å². The number of Topliss-reactive ketones (excluding diaryl/α,β-unsaturated/α-hetero) is 1. The summed E-state index contributed by atoms with van der Waals surface area (Å²) in [5, 5.41) is 10.1. The highest BCUT2D eigenvalue weighted by atomic mass is 32.1. The van der Waals surface area contributed by atoms with Crippen molar-refractivity contribution >= 4 is 23.1 Å². The van der Waals surface area contributed by atoms with E-state index in [4.69, 9.17) is 0 Å². The molecule has 0 fully saturated rings. The Labute approximate surface area is 124 Å². The van der Waals surface area contributed by atoms with E-state index in [0.717, 1.165) is 24.3 Å². The number of aromatic carboxylic acids is 1. The Kier molecular flexibility index (Phi) is 5.87. The highest BCUT2D eigenvalue weighted by molar-refractivity contribution is 7.13. The van der Waals surface area contributed by atoms with Crippen LogP contribution in [0.2, 0.25) is 0 Å². The van der Waals surface area contributed by atoms with E-state index in [1.54, 1.807) is 0 Å². The first-order chi connectivity index (χ1) is 9.31. The summed E-state index contributed by atoms with van der Waals surface area (Å²) in [7, 11) is 0. The minimum atomic E-state index is -0.986. The fourth-order valence-corrected chi connectivity index (χ4v) is 3.26. The molecule has 0 aliphatic heterocycles. The molecule has 0 aromatic carbocycles. The van der Waals surface area contributed by atoms with Crippen LogP contribution in [0.15, 0.2) is 0 Å². The topological polar surface area (TPSA) is 67.3 Å². The third kappa shape index (κ3) is 4.13. The normalized spacial score (nSPS) is 11.6. The number of hydrogen-bond acceptors (Lipinski definition) is 4. The van der Waals surface area contributed by atoms with Crippen LogP contribution >= 0.6 is 11.3 Å². The maximum atomic E-state index is 11.7. The SMILES string of the molecule is CCCC(=O)Cc1nc(C(C)(C)CCC)sc1C(=O)O. The second kappa shape index (κ2) is 6.97.